The SMILES string of the molecule is CC1(Cl)C=C2CC2=CC1. The Hall–Kier alpha value is -0.230. The van der Waals surface area contributed by atoms with Gasteiger partial charge in [0.15, 0.2) is 0 Å². The molecule has 1 unspecified atom stereocenters. The number of allylic oxidation sites excluding steroid dienone is 4. The lowest BCUT2D eigenvalue weighted by atomic mass is 10.0. The van der Waals surface area contributed by atoms with E-state index in [-0.39, 0.29) is 4.87 Å². The van der Waals surface area contributed by atoms with Gasteiger partial charge in [0.05, 0.1) is 4.87 Å². The zero-order chi connectivity index (χ0) is 6.48. The first-order chi connectivity index (χ1) is 4.17. The quantitative estimate of drug-likeness (QED) is 0.454. The molecular weight excluding hydrogens is 132 g/mol. The van der Waals surface area contributed by atoms with Gasteiger partial charge in [-0.15, -0.1) is 11.6 Å². The molecule has 1 saturated carbocycles. The van der Waals surface area contributed by atoms with Crippen molar-refractivity contribution in [2.24, 2.45) is 0 Å². The minimum atomic E-state index is -0.0741. The molecule has 1 fully saturated rings. The second-order valence-corrected chi connectivity index (χ2v) is 3.92. The molecule has 0 amide bonds. The maximum absolute atomic E-state index is 6.07. The zero-order valence-corrected chi connectivity index (χ0v) is 6.20. The number of halogens is 1. The highest BCUT2D eigenvalue weighted by atomic mass is 35.5. The third kappa shape index (κ3) is 0.920. The number of hydrogen-bond donors (Lipinski definition) is 0. The van der Waals surface area contributed by atoms with E-state index in [4.69, 9.17) is 11.6 Å². The average Bonchev–Trinajstić information content (AvgIpc) is 2.41. The van der Waals surface area contributed by atoms with E-state index in [0.29, 0.717) is 0 Å². The maximum Gasteiger partial charge on any atom is 0.0638 e. The summed E-state index contributed by atoms with van der Waals surface area (Å²) in [5.74, 6) is 0. The lowest BCUT2D eigenvalue weighted by Crippen LogP contribution is -2.11. The fraction of sp³-hybridized carbons (Fsp3) is 0.500. The van der Waals surface area contributed by atoms with Crippen molar-refractivity contribution in [1.82, 2.24) is 0 Å². The Labute approximate surface area is 60.2 Å². The normalized spacial score (nSPS) is 38.9. The monoisotopic (exact) mass is 140 g/mol. The molecule has 9 heavy (non-hydrogen) atoms. The number of hydrogen-bond acceptors (Lipinski definition) is 0. The smallest absolute Gasteiger partial charge is 0.0638 e. The minimum absolute atomic E-state index is 0.0741. The van der Waals surface area contributed by atoms with Crippen LogP contribution in [0, 0.1) is 0 Å². The highest BCUT2D eigenvalue weighted by molar-refractivity contribution is 6.25. The summed E-state index contributed by atoms with van der Waals surface area (Å²) in [5, 5.41) is 0. The molecule has 2 aliphatic rings. The van der Waals surface area contributed by atoms with Gasteiger partial charge < -0.3 is 0 Å². The van der Waals surface area contributed by atoms with Crippen LogP contribution >= 0.6 is 11.6 Å². The van der Waals surface area contributed by atoms with E-state index in [9.17, 15) is 0 Å². The predicted molar refractivity (Wildman–Crippen MR) is 39.7 cm³/mol. The van der Waals surface area contributed by atoms with E-state index in [1.54, 1.807) is 0 Å². The second-order valence-electron chi connectivity index (χ2n) is 3.06. The third-order valence-electron chi connectivity index (χ3n) is 1.89. The van der Waals surface area contributed by atoms with E-state index in [0.717, 1.165) is 6.42 Å². The topological polar surface area (TPSA) is 0 Å². The van der Waals surface area contributed by atoms with Gasteiger partial charge >= 0.3 is 0 Å². The second kappa shape index (κ2) is 1.43. The first-order valence-electron chi connectivity index (χ1n) is 3.27. The Morgan fingerprint density at radius 2 is 2.33 bits per heavy atom. The van der Waals surface area contributed by atoms with Crippen LogP contribution in [0.2, 0.25) is 0 Å². The maximum atomic E-state index is 6.07. The van der Waals surface area contributed by atoms with E-state index in [2.05, 4.69) is 19.1 Å². The predicted octanol–water partition coefficient (Wildman–Crippen LogP) is 2.64. The largest absolute Gasteiger partial charge is 0.115 e. The van der Waals surface area contributed by atoms with Gasteiger partial charge in [0.25, 0.3) is 0 Å². The van der Waals surface area contributed by atoms with Crippen LogP contribution in [0.3, 0.4) is 0 Å². The summed E-state index contributed by atoms with van der Waals surface area (Å²) in [5.41, 5.74) is 2.99. The minimum Gasteiger partial charge on any atom is -0.115 e. The van der Waals surface area contributed by atoms with Crippen molar-refractivity contribution in [3.05, 3.63) is 23.3 Å². The highest BCUT2D eigenvalue weighted by Crippen LogP contribution is 2.45. The van der Waals surface area contributed by atoms with Crippen molar-refractivity contribution in [2.75, 3.05) is 0 Å². The zero-order valence-electron chi connectivity index (χ0n) is 5.45. The van der Waals surface area contributed by atoms with Crippen LogP contribution in [-0.4, -0.2) is 4.87 Å². The molecule has 48 valence electrons. The molecule has 2 rings (SSSR count). The molecule has 2 aliphatic carbocycles. The Kier molecular flexibility index (Phi) is 0.883. The van der Waals surface area contributed by atoms with Crippen LogP contribution in [0.15, 0.2) is 23.3 Å². The summed E-state index contributed by atoms with van der Waals surface area (Å²) in [6.07, 6.45) is 6.64. The summed E-state index contributed by atoms with van der Waals surface area (Å²) in [6, 6.07) is 0. The summed E-state index contributed by atoms with van der Waals surface area (Å²) in [6.45, 7) is 2.06. The lowest BCUT2D eigenvalue weighted by Gasteiger charge is -2.15. The van der Waals surface area contributed by atoms with Crippen LogP contribution in [0.1, 0.15) is 19.8 Å². The molecule has 0 bridgehead atoms. The Morgan fingerprint density at radius 1 is 1.56 bits per heavy atom. The Balaban J connectivity index is 2.33. The van der Waals surface area contributed by atoms with Gasteiger partial charge in [-0.2, -0.15) is 0 Å². The Bertz CT molecular complexity index is 209. The fourth-order valence-corrected chi connectivity index (χ4v) is 1.46. The molecule has 0 N–H and O–H groups in total. The third-order valence-corrected chi connectivity index (χ3v) is 2.15. The van der Waals surface area contributed by atoms with Crippen LogP contribution in [0.25, 0.3) is 0 Å². The van der Waals surface area contributed by atoms with E-state index >= 15 is 0 Å². The summed E-state index contributed by atoms with van der Waals surface area (Å²) >= 11 is 6.07. The molecule has 0 saturated heterocycles. The molecule has 0 aromatic heterocycles. The first kappa shape index (κ1) is 5.55. The summed E-state index contributed by atoms with van der Waals surface area (Å²) < 4.78 is 0. The lowest BCUT2D eigenvalue weighted by molar-refractivity contribution is 0.783. The van der Waals surface area contributed by atoms with E-state index < -0.39 is 0 Å². The molecule has 0 aliphatic heterocycles. The number of alkyl halides is 1. The van der Waals surface area contributed by atoms with E-state index in [1.807, 2.05) is 0 Å². The van der Waals surface area contributed by atoms with Gasteiger partial charge in [-0.3, -0.25) is 0 Å². The van der Waals surface area contributed by atoms with Gasteiger partial charge in [0.2, 0.25) is 0 Å². The van der Waals surface area contributed by atoms with Crippen molar-refractivity contribution in [3.63, 3.8) is 0 Å². The van der Waals surface area contributed by atoms with Crippen molar-refractivity contribution in [2.45, 2.75) is 24.6 Å². The molecule has 1 atom stereocenters. The van der Waals surface area contributed by atoms with Crippen LogP contribution < -0.4 is 0 Å². The van der Waals surface area contributed by atoms with Crippen LogP contribution in [-0.2, 0) is 0 Å². The van der Waals surface area contributed by atoms with Crippen molar-refractivity contribution in [3.8, 4) is 0 Å². The molecule has 0 aromatic rings. The molecular formula is C8H9Cl. The van der Waals surface area contributed by atoms with Gasteiger partial charge in [0.1, 0.15) is 0 Å². The average molecular weight is 141 g/mol. The molecule has 1 heteroatoms. The van der Waals surface area contributed by atoms with E-state index in [1.165, 1.54) is 17.6 Å². The van der Waals surface area contributed by atoms with Gasteiger partial charge in [-0.05, 0) is 30.9 Å². The molecule has 0 radical (unpaired) electrons. The molecule has 0 nitrogen and oxygen atoms in total. The van der Waals surface area contributed by atoms with Crippen molar-refractivity contribution >= 4 is 11.6 Å². The summed E-state index contributed by atoms with van der Waals surface area (Å²) in [7, 11) is 0. The van der Waals surface area contributed by atoms with Gasteiger partial charge in [0, 0.05) is 0 Å². The summed E-state index contributed by atoms with van der Waals surface area (Å²) in [4.78, 5) is -0.0741. The molecule has 0 spiro atoms. The fourth-order valence-electron chi connectivity index (χ4n) is 1.25. The molecule has 0 heterocycles. The van der Waals surface area contributed by atoms with Crippen LogP contribution in [0.4, 0.5) is 0 Å². The van der Waals surface area contributed by atoms with Gasteiger partial charge in [-0.1, -0.05) is 12.2 Å². The Morgan fingerprint density at radius 3 is 2.89 bits per heavy atom. The van der Waals surface area contributed by atoms with Crippen molar-refractivity contribution < 1.29 is 0 Å². The standard InChI is InChI=1S/C8H9Cl/c1-8(9)3-2-6-4-7(6)5-8/h2,5H,3-4H2,1H3. The van der Waals surface area contributed by atoms with Crippen LogP contribution in [0.5, 0.6) is 0 Å². The first-order valence-corrected chi connectivity index (χ1v) is 3.65. The number of fused-ring (bicyclic) bond motifs is 1. The highest BCUT2D eigenvalue weighted by Gasteiger charge is 2.30. The number of rotatable bonds is 0. The van der Waals surface area contributed by atoms with Crippen molar-refractivity contribution in [1.29, 1.82) is 0 Å². The van der Waals surface area contributed by atoms with Gasteiger partial charge in [-0.25, -0.2) is 0 Å². The molecule has 0 aromatic carbocycles.